The summed E-state index contributed by atoms with van der Waals surface area (Å²) in [5.41, 5.74) is 2.90. The number of anilines is 1. The summed E-state index contributed by atoms with van der Waals surface area (Å²) < 4.78 is 28.8. The molecule has 4 heterocycles. The third-order valence-corrected chi connectivity index (χ3v) is 10.3. The van der Waals surface area contributed by atoms with Gasteiger partial charge in [-0.05, 0) is 91.3 Å². The zero-order valence-electron chi connectivity index (χ0n) is 23.8. The van der Waals surface area contributed by atoms with E-state index in [4.69, 9.17) is 4.98 Å². The highest BCUT2D eigenvalue weighted by atomic mass is 19.1. The molecule has 2 aromatic carbocycles. The Labute approximate surface area is 247 Å². The van der Waals surface area contributed by atoms with Crippen LogP contribution in [0.25, 0.3) is 10.9 Å². The Balaban J connectivity index is 1.16. The molecular weight excluding hydrogens is 548 g/mol. The molecule has 2 aromatic heterocycles. The first-order chi connectivity index (χ1) is 20.7. The van der Waals surface area contributed by atoms with Crippen LogP contribution in [-0.2, 0) is 39.9 Å². The van der Waals surface area contributed by atoms with Gasteiger partial charge in [0.1, 0.15) is 17.5 Å². The molecule has 4 aromatic rings. The van der Waals surface area contributed by atoms with Gasteiger partial charge in [0.05, 0.1) is 22.0 Å². The summed E-state index contributed by atoms with van der Waals surface area (Å²) in [4.78, 5) is 38.3. The molecular formula is C34H31F2N5O2. The van der Waals surface area contributed by atoms with Crippen molar-refractivity contribution < 1.29 is 18.4 Å². The van der Waals surface area contributed by atoms with E-state index < -0.39 is 28.1 Å². The predicted octanol–water partition coefficient (Wildman–Crippen LogP) is 5.06. The van der Waals surface area contributed by atoms with E-state index in [1.807, 2.05) is 25.1 Å². The van der Waals surface area contributed by atoms with E-state index >= 15 is 0 Å². The maximum Gasteiger partial charge on any atom is 0.243 e. The monoisotopic (exact) mass is 579 g/mol. The van der Waals surface area contributed by atoms with Crippen LogP contribution in [0.3, 0.4) is 0 Å². The van der Waals surface area contributed by atoms with E-state index in [-0.39, 0.29) is 18.4 Å². The molecule has 2 aliphatic heterocycles. The molecule has 4 aliphatic rings. The lowest BCUT2D eigenvalue weighted by Crippen LogP contribution is -2.69. The van der Waals surface area contributed by atoms with Gasteiger partial charge in [-0.2, -0.15) is 0 Å². The smallest absolute Gasteiger partial charge is 0.243 e. The van der Waals surface area contributed by atoms with Crippen LogP contribution >= 0.6 is 0 Å². The Bertz CT molecular complexity index is 1830. The van der Waals surface area contributed by atoms with Crippen LogP contribution in [0.2, 0.25) is 0 Å². The van der Waals surface area contributed by atoms with Crippen molar-refractivity contribution in [3.8, 4) is 0 Å². The minimum absolute atomic E-state index is 0.0266. The van der Waals surface area contributed by atoms with E-state index in [0.717, 1.165) is 64.9 Å². The first-order valence-corrected chi connectivity index (χ1v) is 14.9. The Morgan fingerprint density at radius 2 is 1.70 bits per heavy atom. The summed E-state index contributed by atoms with van der Waals surface area (Å²) in [6.07, 6.45) is 8.04. The molecule has 2 spiro atoms. The number of benzene rings is 2. The number of nitrogens with zero attached hydrogens (tertiary/aromatic N) is 3. The number of fused-ring (bicyclic) bond motifs is 4. The third-order valence-electron chi connectivity index (χ3n) is 10.3. The summed E-state index contributed by atoms with van der Waals surface area (Å²) in [5.74, 6) is -0.774. The lowest BCUT2D eigenvalue weighted by molar-refractivity contribution is -0.152. The van der Waals surface area contributed by atoms with Gasteiger partial charge in [0, 0.05) is 42.5 Å². The average molecular weight is 580 g/mol. The quantitative estimate of drug-likeness (QED) is 0.355. The van der Waals surface area contributed by atoms with Gasteiger partial charge < -0.3 is 15.5 Å². The van der Waals surface area contributed by atoms with Crippen LogP contribution in [0.4, 0.5) is 14.6 Å². The van der Waals surface area contributed by atoms with Crippen LogP contribution in [0.15, 0.2) is 60.9 Å². The van der Waals surface area contributed by atoms with E-state index in [1.165, 1.54) is 12.1 Å². The number of aromatic nitrogens is 2. The molecule has 0 radical (unpaired) electrons. The minimum Gasteiger partial charge on any atom is -0.326 e. The van der Waals surface area contributed by atoms with Crippen molar-refractivity contribution in [2.45, 2.75) is 68.5 Å². The number of amides is 2. The highest BCUT2D eigenvalue weighted by molar-refractivity contribution is 6.06. The van der Waals surface area contributed by atoms with E-state index in [1.54, 1.807) is 17.3 Å². The average Bonchev–Trinajstić information content (AvgIpc) is 3.68. The molecule has 2 atom stereocenters. The molecule has 2 amide bonds. The Hall–Kier alpha value is -4.24. The number of piperazine rings is 1. The van der Waals surface area contributed by atoms with Gasteiger partial charge in [0.25, 0.3) is 0 Å². The van der Waals surface area contributed by atoms with Gasteiger partial charge in [-0.15, -0.1) is 0 Å². The van der Waals surface area contributed by atoms with Gasteiger partial charge in [0.15, 0.2) is 0 Å². The fourth-order valence-electron chi connectivity index (χ4n) is 7.95. The van der Waals surface area contributed by atoms with E-state index in [2.05, 4.69) is 27.8 Å². The van der Waals surface area contributed by atoms with Crippen molar-refractivity contribution in [3.63, 3.8) is 0 Å². The van der Waals surface area contributed by atoms with Crippen molar-refractivity contribution in [2.75, 3.05) is 11.9 Å². The summed E-state index contributed by atoms with van der Waals surface area (Å²) in [6.45, 7) is 2.51. The van der Waals surface area contributed by atoms with Crippen molar-refractivity contribution in [2.24, 2.45) is 0 Å². The topological polar surface area (TPSA) is 87.2 Å². The van der Waals surface area contributed by atoms with Gasteiger partial charge in [0.2, 0.25) is 11.8 Å². The molecule has 2 aliphatic carbocycles. The fourth-order valence-corrected chi connectivity index (χ4v) is 7.95. The number of halogens is 2. The van der Waals surface area contributed by atoms with Crippen LogP contribution in [0.5, 0.6) is 0 Å². The standard InChI is InChI=1S/C34H31F2N5O2/c1-32(24-12-25(35)14-26(36)13-24)19-39-34(6-2-3-7-34)31(43)41(32)18-20-9-21-10-22-15-33(16-23(22)11-28(21)38-17-20)27-5-4-8-37-29(27)40-30(33)42/h4-5,8-14,17,39H,2-3,6-7,15-16,18-19H2,1H3,(H,37,40,42)/t32?,33-/m0/s1. The SMILES string of the molecule is CC1(c2cc(F)cc(F)c2)CNC2(CCCC2)C(=O)N1Cc1cnc2cc3c(cc2c1)C[C@@]1(C3)C(=O)Nc2ncccc21. The van der Waals surface area contributed by atoms with Crippen molar-refractivity contribution in [1.29, 1.82) is 0 Å². The molecule has 7 nitrogen and oxygen atoms in total. The molecule has 2 fully saturated rings. The maximum atomic E-state index is 14.4. The number of hydrogen-bond donors (Lipinski definition) is 2. The summed E-state index contributed by atoms with van der Waals surface area (Å²) in [6, 6.07) is 13.6. The zero-order valence-corrected chi connectivity index (χ0v) is 23.8. The minimum atomic E-state index is -0.968. The van der Waals surface area contributed by atoms with Crippen molar-refractivity contribution >= 4 is 28.5 Å². The van der Waals surface area contributed by atoms with Gasteiger partial charge in [-0.3, -0.25) is 14.6 Å². The summed E-state index contributed by atoms with van der Waals surface area (Å²) in [5, 5.41) is 7.38. The second-order valence-corrected chi connectivity index (χ2v) is 12.9. The Kier molecular flexibility index (Phi) is 5.60. The van der Waals surface area contributed by atoms with Crippen LogP contribution < -0.4 is 10.6 Å². The second kappa shape index (κ2) is 9.13. The molecule has 1 saturated carbocycles. The Morgan fingerprint density at radius 1 is 0.953 bits per heavy atom. The second-order valence-electron chi connectivity index (χ2n) is 12.9. The van der Waals surface area contributed by atoms with Crippen molar-refractivity contribution in [1.82, 2.24) is 20.2 Å². The number of nitrogens with one attached hydrogen (secondary N) is 2. The van der Waals surface area contributed by atoms with Crippen LogP contribution in [0.1, 0.15) is 60.4 Å². The molecule has 8 rings (SSSR count). The number of carbonyl (C=O) groups excluding carboxylic acids is 2. The molecule has 2 N–H and O–H groups in total. The molecule has 9 heteroatoms. The Morgan fingerprint density at radius 3 is 2.47 bits per heavy atom. The third kappa shape index (κ3) is 3.87. The number of carbonyl (C=O) groups is 2. The zero-order chi connectivity index (χ0) is 29.6. The first-order valence-electron chi connectivity index (χ1n) is 14.9. The van der Waals surface area contributed by atoms with E-state index in [9.17, 15) is 18.4 Å². The number of hydrogen-bond acceptors (Lipinski definition) is 5. The van der Waals surface area contributed by atoms with Gasteiger partial charge >= 0.3 is 0 Å². The fraction of sp³-hybridized carbons (Fsp3) is 0.353. The molecule has 1 saturated heterocycles. The van der Waals surface area contributed by atoms with Gasteiger partial charge in [-0.25, -0.2) is 13.8 Å². The molecule has 0 bridgehead atoms. The van der Waals surface area contributed by atoms with Crippen LogP contribution in [-0.4, -0.2) is 38.8 Å². The summed E-state index contributed by atoms with van der Waals surface area (Å²) in [7, 11) is 0. The first kappa shape index (κ1) is 26.4. The highest BCUT2D eigenvalue weighted by Crippen LogP contribution is 2.47. The highest BCUT2D eigenvalue weighted by Gasteiger charge is 2.54. The van der Waals surface area contributed by atoms with Crippen molar-refractivity contribution in [3.05, 3.63) is 100 Å². The lowest BCUT2D eigenvalue weighted by Gasteiger charge is -2.52. The van der Waals surface area contributed by atoms with E-state index in [0.29, 0.717) is 30.8 Å². The molecule has 1 unspecified atom stereocenters. The molecule has 218 valence electrons. The number of pyridine rings is 2. The maximum absolute atomic E-state index is 14.4. The largest absolute Gasteiger partial charge is 0.326 e. The number of rotatable bonds is 3. The van der Waals surface area contributed by atoms with Gasteiger partial charge in [-0.1, -0.05) is 18.9 Å². The summed E-state index contributed by atoms with van der Waals surface area (Å²) >= 11 is 0. The molecule has 43 heavy (non-hydrogen) atoms. The lowest BCUT2D eigenvalue weighted by atomic mass is 9.79. The normalized spacial score (nSPS) is 25.5. The predicted molar refractivity (Wildman–Crippen MR) is 157 cm³/mol. The van der Waals surface area contributed by atoms with Crippen LogP contribution in [0, 0.1) is 11.6 Å².